The lowest BCUT2D eigenvalue weighted by Crippen LogP contribution is -2.26. The van der Waals surface area contributed by atoms with Crippen molar-refractivity contribution in [2.75, 3.05) is 13.1 Å². The van der Waals surface area contributed by atoms with Gasteiger partial charge in [-0.15, -0.1) is 0 Å². The zero-order valence-corrected chi connectivity index (χ0v) is 8.55. The van der Waals surface area contributed by atoms with Crippen molar-refractivity contribution in [1.82, 2.24) is 5.32 Å². The van der Waals surface area contributed by atoms with Crippen molar-refractivity contribution < 1.29 is 4.74 Å². The predicted molar refractivity (Wildman–Crippen MR) is 55.6 cm³/mol. The largest absolute Gasteiger partial charge is 0.371 e. The maximum Gasteiger partial charge on any atom is 0.0784 e. The molecule has 3 heteroatoms. The summed E-state index contributed by atoms with van der Waals surface area (Å²) >= 11 is 6.13. The second kappa shape index (κ2) is 3.23. The van der Waals surface area contributed by atoms with E-state index in [4.69, 9.17) is 16.3 Å². The molecule has 0 bridgehead atoms. The lowest BCUT2D eigenvalue weighted by Gasteiger charge is -2.28. The van der Waals surface area contributed by atoms with Crippen LogP contribution in [0.25, 0.3) is 0 Å². The monoisotopic (exact) mass is 209 g/mol. The summed E-state index contributed by atoms with van der Waals surface area (Å²) in [5, 5.41) is 4.20. The first-order chi connectivity index (χ1) is 6.86. The number of hydrogen-bond donors (Lipinski definition) is 1. The van der Waals surface area contributed by atoms with Crippen LogP contribution in [0.4, 0.5) is 0 Å². The Morgan fingerprint density at radius 3 is 3.21 bits per heavy atom. The Kier molecular flexibility index (Phi) is 2.01. The summed E-state index contributed by atoms with van der Waals surface area (Å²) in [5.74, 6) is 0.498. The number of ether oxygens (including phenoxy) is 1. The highest BCUT2D eigenvalue weighted by Crippen LogP contribution is 2.36. The van der Waals surface area contributed by atoms with E-state index in [9.17, 15) is 0 Å². The molecule has 1 fully saturated rings. The van der Waals surface area contributed by atoms with Gasteiger partial charge in [-0.1, -0.05) is 23.7 Å². The summed E-state index contributed by atoms with van der Waals surface area (Å²) in [6, 6.07) is 6.14. The number of halogens is 1. The maximum atomic E-state index is 6.13. The molecule has 0 amide bonds. The van der Waals surface area contributed by atoms with Crippen molar-refractivity contribution in [2.24, 2.45) is 0 Å². The van der Waals surface area contributed by atoms with Gasteiger partial charge in [-0.2, -0.15) is 0 Å². The minimum Gasteiger partial charge on any atom is -0.371 e. The average Bonchev–Trinajstić information content (AvgIpc) is 2.66. The summed E-state index contributed by atoms with van der Waals surface area (Å²) < 4.78 is 5.76. The van der Waals surface area contributed by atoms with Crippen LogP contribution in [0.3, 0.4) is 0 Å². The molecule has 0 unspecified atom stereocenters. The van der Waals surface area contributed by atoms with Gasteiger partial charge in [0, 0.05) is 24.0 Å². The summed E-state index contributed by atoms with van der Waals surface area (Å²) in [6.45, 7) is 2.65. The highest BCUT2D eigenvalue weighted by atomic mass is 35.5. The van der Waals surface area contributed by atoms with Gasteiger partial charge in [0.05, 0.1) is 12.7 Å². The van der Waals surface area contributed by atoms with Crippen LogP contribution in [-0.4, -0.2) is 19.2 Å². The summed E-state index contributed by atoms with van der Waals surface area (Å²) in [7, 11) is 0. The molecule has 1 saturated heterocycles. The molecule has 2 atom stereocenters. The van der Waals surface area contributed by atoms with E-state index in [2.05, 4.69) is 11.4 Å². The topological polar surface area (TPSA) is 21.3 Å². The summed E-state index contributed by atoms with van der Waals surface area (Å²) in [4.78, 5) is 0. The number of hydrogen-bond acceptors (Lipinski definition) is 2. The van der Waals surface area contributed by atoms with E-state index in [-0.39, 0.29) is 0 Å². The van der Waals surface area contributed by atoms with Gasteiger partial charge in [0.25, 0.3) is 0 Å². The molecule has 0 radical (unpaired) electrons. The Balaban J connectivity index is 2.09. The molecule has 0 aliphatic carbocycles. The molecule has 3 rings (SSSR count). The van der Waals surface area contributed by atoms with Crippen LogP contribution in [0, 0.1) is 0 Å². The molecule has 1 aromatic rings. The van der Waals surface area contributed by atoms with Gasteiger partial charge >= 0.3 is 0 Å². The van der Waals surface area contributed by atoms with E-state index in [1.165, 1.54) is 11.1 Å². The van der Waals surface area contributed by atoms with Crippen LogP contribution in [0.5, 0.6) is 0 Å². The lowest BCUT2D eigenvalue weighted by molar-refractivity contribution is 0.0300. The molecule has 74 valence electrons. The number of benzene rings is 1. The fraction of sp³-hybridized carbons (Fsp3) is 0.455. The Morgan fingerprint density at radius 1 is 1.36 bits per heavy atom. The summed E-state index contributed by atoms with van der Waals surface area (Å²) in [6.07, 6.45) is 0.348. The molecule has 1 aromatic carbocycles. The van der Waals surface area contributed by atoms with E-state index in [1.54, 1.807) is 0 Å². The molecule has 2 nitrogen and oxygen atoms in total. The van der Waals surface area contributed by atoms with Crippen molar-refractivity contribution in [3.05, 3.63) is 34.3 Å². The zero-order chi connectivity index (χ0) is 9.54. The van der Waals surface area contributed by atoms with E-state index >= 15 is 0 Å². The van der Waals surface area contributed by atoms with Crippen molar-refractivity contribution in [3.63, 3.8) is 0 Å². The van der Waals surface area contributed by atoms with Crippen molar-refractivity contribution >= 4 is 11.6 Å². The fourth-order valence-corrected chi connectivity index (χ4v) is 2.64. The van der Waals surface area contributed by atoms with E-state index in [0.717, 1.165) is 18.1 Å². The van der Waals surface area contributed by atoms with Crippen molar-refractivity contribution in [2.45, 2.75) is 18.6 Å². The SMILES string of the molecule is Clc1cccc2c1CO[C@H]1CNC[C@@H]21. The zero-order valence-electron chi connectivity index (χ0n) is 7.79. The molecule has 14 heavy (non-hydrogen) atoms. The maximum absolute atomic E-state index is 6.13. The number of rotatable bonds is 0. The number of fused-ring (bicyclic) bond motifs is 3. The highest BCUT2D eigenvalue weighted by Gasteiger charge is 2.34. The molecule has 2 heterocycles. The van der Waals surface area contributed by atoms with Gasteiger partial charge in [-0.3, -0.25) is 0 Å². The minimum absolute atomic E-state index is 0.348. The van der Waals surface area contributed by atoms with Gasteiger partial charge in [0.1, 0.15) is 0 Å². The van der Waals surface area contributed by atoms with Gasteiger partial charge in [-0.05, 0) is 17.2 Å². The van der Waals surface area contributed by atoms with Crippen molar-refractivity contribution in [3.8, 4) is 0 Å². The lowest BCUT2D eigenvalue weighted by atomic mass is 9.90. The molecule has 0 spiro atoms. The van der Waals surface area contributed by atoms with Crippen molar-refractivity contribution in [1.29, 1.82) is 0 Å². The van der Waals surface area contributed by atoms with Gasteiger partial charge in [0.15, 0.2) is 0 Å². The second-order valence-corrected chi connectivity index (χ2v) is 4.33. The van der Waals surface area contributed by atoms with Crippen LogP contribution >= 0.6 is 11.6 Å². The number of nitrogens with one attached hydrogen (secondary N) is 1. The van der Waals surface area contributed by atoms with Crippen LogP contribution in [-0.2, 0) is 11.3 Å². The van der Waals surface area contributed by atoms with Gasteiger partial charge in [-0.25, -0.2) is 0 Å². The van der Waals surface area contributed by atoms with Crippen LogP contribution < -0.4 is 5.32 Å². The van der Waals surface area contributed by atoms with E-state index in [0.29, 0.717) is 18.6 Å². The third kappa shape index (κ3) is 1.18. The summed E-state index contributed by atoms with van der Waals surface area (Å²) in [5.41, 5.74) is 2.55. The molecule has 1 N–H and O–H groups in total. The Hall–Kier alpha value is -0.570. The fourth-order valence-electron chi connectivity index (χ4n) is 2.41. The quantitative estimate of drug-likeness (QED) is 0.705. The van der Waals surface area contributed by atoms with Crippen LogP contribution in [0.15, 0.2) is 18.2 Å². The third-order valence-electron chi connectivity index (χ3n) is 3.15. The van der Waals surface area contributed by atoms with Crippen LogP contribution in [0.2, 0.25) is 5.02 Å². The minimum atomic E-state index is 0.348. The molecule has 0 saturated carbocycles. The Bertz CT molecular complexity index is 366. The predicted octanol–water partition coefficient (Wildman–Crippen LogP) is 1.93. The Morgan fingerprint density at radius 2 is 2.29 bits per heavy atom. The first-order valence-electron chi connectivity index (χ1n) is 4.96. The molecular formula is C11H12ClNO. The average molecular weight is 210 g/mol. The van der Waals surface area contributed by atoms with Crippen LogP contribution in [0.1, 0.15) is 17.0 Å². The highest BCUT2D eigenvalue weighted by molar-refractivity contribution is 6.31. The van der Waals surface area contributed by atoms with Gasteiger partial charge < -0.3 is 10.1 Å². The second-order valence-electron chi connectivity index (χ2n) is 3.92. The first-order valence-corrected chi connectivity index (χ1v) is 5.33. The third-order valence-corrected chi connectivity index (χ3v) is 3.51. The normalized spacial score (nSPS) is 29.8. The van der Waals surface area contributed by atoms with E-state index < -0.39 is 0 Å². The van der Waals surface area contributed by atoms with E-state index in [1.807, 2.05) is 12.1 Å². The standard InChI is InChI=1S/C11H12ClNO/c12-10-3-1-2-7-8-4-13-5-11(8)14-6-9(7)10/h1-3,8,11,13H,4-6H2/t8-,11-/m0/s1. The molecule has 0 aromatic heterocycles. The molecule has 2 aliphatic heterocycles. The van der Waals surface area contributed by atoms with Gasteiger partial charge in [0.2, 0.25) is 0 Å². The molecule has 2 aliphatic rings. The molecular weight excluding hydrogens is 198 g/mol. The Labute approximate surface area is 88.2 Å². The smallest absolute Gasteiger partial charge is 0.0784 e. The first kappa shape index (κ1) is 8.72.